The number of oxazole rings is 1. The first kappa shape index (κ1) is 21.8. The molecule has 2 aromatic heterocycles. The Balaban J connectivity index is 1.23. The highest BCUT2D eigenvalue weighted by molar-refractivity contribution is 5.56. The van der Waals surface area contributed by atoms with E-state index in [4.69, 9.17) is 13.6 Å². The van der Waals surface area contributed by atoms with E-state index in [-0.39, 0.29) is 0 Å². The first-order chi connectivity index (χ1) is 16.7. The number of aryl methyl sites for hydroxylation is 1. The van der Waals surface area contributed by atoms with Crippen LogP contribution in [0.5, 0.6) is 5.75 Å². The van der Waals surface area contributed by atoms with Gasteiger partial charge in [0.2, 0.25) is 11.6 Å². The number of nitrogens with zero attached hydrogens (tertiary/aromatic N) is 3. The van der Waals surface area contributed by atoms with Gasteiger partial charge in [0.05, 0.1) is 0 Å². The van der Waals surface area contributed by atoms with Crippen LogP contribution in [0.4, 0.5) is 5.88 Å². The van der Waals surface area contributed by atoms with Crippen molar-refractivity contribution in [2.24, 2.45) is 5.92 Å². The van der Waals surface area contributed by atoms with Crippen LogP contribution in [0.2, 0.25) is 0 Å². The molecule has 1 aliphatic heterocycles. The fraction of sp³-hybridized carbons (Fsp3) is 0.286. The molecular weight excluding hydrogens is 426 g/mol. The van der Waals surface area contributed by atoms with Gasteiger partial charge in [0.15, 0.2) is 5.76 Å². The molecule has 6 heteroatoms. The maximum absolute atomic E-state index is 9.64. The lowest BCUT2D eigenvalue weighted by Crippen LogP contribution is -2.34. The zero-order valence-electron chi connectivity index (χ0n) is 19.2. The second-order valence-electron chi connectivity index (χ2n) is 8.78. The lowest BCUT2D eigenvalue weighted by Gasteiger charge is -2.31. The molecule has 0 N–H and O–H groups in total. The summed E-state index contributed by atoms with van der Waals surface area (Å²) in [7, 11) is 0. The third-order valence-electron chi connectivity index (χ3n) is 6.23. The molecule has 1 aliphatic rings. The van der Waals surface area contributed by atoms with E-state index < -0.39 is 0 Å². The van der Waals surface area contributed by atoms with Crippen molar-refractivity contribution in [3.05, 3.63) is 89.3 Å². The Labute approximate surface area is 199 Å². The molecule has 6 nitrogen and oxygen atoms in total. The molecule has 2 aromatic carbocycles. The number of hydrogen-bond donors (Lipinski definition) is 0. The van der Waals surface area contributed by atoms with Crippen LogP contribution < -0.4 is 9.64 Å². The molecule has 1 saturated heterocycles. The first-order valence-electron chi connectivity index (χ1n) is 11.7. The molecule has 1 fully saturated rings. The molecule has 0 spiro atoms. The lowest BCUT2D eigenvalue weighted by molar-refractivity contribution is 0.271. The predicted octanol–water partition coefficient (Wildman–Crippen LogP) is 6.15. The number of rotatable bonds is 7. The average molecular weight is 454 g/mol. The Hall–Kier alpha value is -3.98. The number of hydrogen-bond acceptors (Lipinski definition) is 6. The molecular formula is C28H27N3O3. The van der Waals surface area contributed by atoms with Crippen molar-refractivity contribution >= 4 is 5.88 Å². The summed E-state index contributed by atoms with van der Waals surface area (Å²) in [6, 6.07) is 24.3. The van der Waals surface area contributed by atoms with Gasteiger partial charge in [0.25, 0.3) is 5.89 Å². The van der Waals surface area contributed by atoms with Gasteiger partial charge in [-0.05, 0) is 67.5 Å². The fourth-order valence-electron chi connectivity index (χ4n) is 4.42. The molecule has 34 heavy (non-hydrogen) atoms. The van der Waals surface area contributed by atoms with Crippen molar-refractivity contribution in [1.82, 2.24) is 4.98 Å². The smallest absolute Gasteiger partial charge is 0.266 e. The second kappa shape index (κ2) is 9.88. The largest absolute Gasteiger partial charge is 0.486 e. The number of furan rings is 1. The van der Waals surface area contributed by atoms with Crippen LogP contribution >= 0.6 is 0 Å². The monoisotopic (exact) mass is 453 g/mol. The molecule has 0 amide bonds. The van der Waals surface area contributed by atoms with E-state index >= 15 is 0 Å². The van der Waals surface area contributed by atoms with Crippen LogP contribution in [0.3, 0.4) is 0 Å². The zero-order valence-corrected chi connectivity index (χ0v) is 19.2. The topological polar surface area (TPSA) is 75.4 Å². The average Bonchev–Trinajstić information content (AvgIpc) is 3.51. The van der Waals surface area contributed by atoms with Gasteiger partial charge in [-0.1, -0.05) is 42.5 Å². The zero-order chi connectivity index (χ0) is 23.3. The molecule has 172 valence electrons. The van der Waals surface area contributed by atoms with Gasteiger partial charge in [-0.3, -0.25) is 0 Å². The van der Waals surface area contributed by atoms with Crippen molar-refractivity contribution in [3.63, 3.8) is 0 Å². The minimum absolute atomic E-state index is 0.297. The minimum Gasteiger partial charge on any atom is -0.486 e. The summed E-state index contributed by atoms with van der Waals surface area (Å²) in [4.78, 5) is 6.53. The minimum atomic E-state index is 0.297. The van der Waals surface area contributed by atoms with Crippen molar-refractivity contribution in [1.29, 1.82) is 5.26 Å². The predicted molar refractivity (Wildman–Crippen MR) is 130 cm³/mol. The quantitative estimate of drug-likeness (QED) is 0.334. The Bertz CT molecular complexity index is 1280. The van der Waals surface area contributed by atoms with Crippen LogP contribution in [0, 0.1) is 24.2 Å². The van der Waals surface area contributed by atoms with Crippen molar-refractivity contribution in [2.75, 3.05) is 18.0 Å². The van der Waals surface area contributed by atoms with E-state index in [1.54, 1.807) is 6.07 Å². The van der Waals surface area contributed by atoms with E-state index in [2.05, 4.69) is 46.3 Å². The Morgan fingerprint density at radius 1 is 1.03 bits per heavy atom. The lowest BCUT2D eigenvalue weighted by atomic mass is 9.90. The third-order valence-corrected chi connectivity index (χ3v) is 6.23. The molecule has 0 aliphatic carbocycles. The highest BCUT2D eigenvalue weighted by Gasteiger charge is 2.26. The molecule has 0 saturated carbocycles. The van der Waals surface area contributed by atoms with E-state index in [0.29, 0.717) is 41.5 Å². The van der Waals surface area contributed by atoms with Crippen LogP contribution in [0.25, 0.3) is 11.7 Å². The summed E-state index contributed by atoms with van der Waals surface area (Å²) in [6.45, 7) is 4.01. The van der Waals surface area contributed by atoms with Gasteiger partial charge in [0.1, 0.15) is 24.2 Å². The van der Waals surface area contributed by atoms with E-state index in [1.807, 2.05) is 37.3 Å². The molecule has 4 aromatic rings. The molecule has 0 atom stereocenters. The van der Waals surface area contributed by atoms with Crippen molar-refractivity contribution in [2.45, 2.75) is 32.8 Å². The van der Waals surface area contributed by atoms with Crippen LogP contribution in [-0.4, -0.2) is 18.1 Å². The fourth-order valence-corrected chi connectivity index (χ4v) is 4.42. The number of anilines is 1. The second-order valence-corrected chi connectivity index (χ2v) is 8.78. The summed E-state index contributed by atoms with van der Waals surface area (Å²) < 4.78 is 17.7. The van der Waals surface area contributed by atoms with Gasteiger partial charge in [0, 0.05) is 13.1 Å². The molecule has 3 heterocycles. The highest BCUT2D eigenvalue weighted by atomic mass is 16.5. The SMILES string of the molecule is Cc1cccc(OCc2ccc(-c3nc(C#N)c(N4CCC(Cc5ccccc5)CC4)o3)o2)c1. The molecule has 5 rings (SSSR count). The Kier molecular flexibility index (Phi) is 6.35. The standard InChI is InChI=1S/C28H27N3O3/c1-20-6-5-9-23(16-20)32-19-24-10-11-26(33-24)27-30-25(18-29)28(34-27)31-14-12-22(13-15-31)17-21-7-3-2-4-8-21/h2-11,16,22H,12-15,17,19H2,1H3. The highest BCUT2D eigenvalue weighted by Crippen LogP contribution is 2.32. The van der Waals surface area contributed by atoms with Crippen LogP contribution in [0.15, 0.2) is 75.6 Å². The number of nitriles is 1. The van der Waals surface area contributed by atoms with Gasteiger partial charge >= 0.3 is 0 Å². The Morgan fingerprint density at radius 2 is 1.85 bits per heavy atom. The van der Waals surface area contributed by atoms with E-state index in [0.717, 1.165) is 43.7 Å². The van der Waals surface area contributed by atoms with Gasteiger partial charge < -0.3 is 18.5 Å². The van der Waals surface area contributed by atoms with Crippen molar-refractivity contribution in [3.8, 4) is 23.5 Å². The van der Waals surface area contributed by atoms with Gasteiger partial charge in [-0.2, -0.15) is 10.2 Å². The van der Waals surface area contributed by atoms with Crippen LogP contribution in [-0.2, 0) is 13.0 Å². The number of ether oxygens (including phenoxy) is 1. The summed E-state index contributed by atoms with van der Waals surface area (Å²) in [6.07, 6.45) is 3.19. The van der Waals surface area contributed by atoms with Gasteiger partial charge in [-0.15, -0.1) is 0 Å². The first-order valence-corrected chi connectivity index (χ1v) is 11.7. The van der Waals surface area contributed by atoms with Crippen LogP contribution in [0.1, 0.15) is 35.4 Å². The Morgan fingerprint density at radius 3 is 2.62 bits per heavy atom. The third kappa shape index (κ3) is 4.99. The molecule has 0 radical (unpaired) electrons. The normalized spacial score (nSPS) is 14.2. The molecule has 0 bridgehead atoms. The van der Waals surface area contributed by atoms with Crippen molar-refractivity contribution < 1.29 is 13.6 Å². The number of aromatic nitrogens is 1. The number of benzene rings is 2. The van der Waals surface area contributed by atoms with Gasteiger partial charge in [-0.25, -0.2) is 0 Å². The number of piperidine rings is 1. The molecule has 0 unspecified atom stereocenters. The maximum atomic E-state index is 9.64. The summed E-state index contributed by atoms with van der Waals surface area (Å²) in [5, 5.41) is 9.64. The maximum Gasteiger partial charge on any atom is 0.266 e. The summed E-state index contributed by atoms with van der Waals surface area (Å²) >= 11 is 0. The summed E-state index contributed by atoms with van der Waals surface area (Å²) in [5.41, 5.74) is 2.81. The summed E-state index contributed by atoms with van der Waals surface area (Å²) in [5.74, 6) is 3.43. The van der Waals surface area contributed by atoms with E-state index in [9.17, 15) is 5.26 Å². The van der Waals surface area contributed by atoms with E-state index in [1.165, 1.54) is 5.56 Å².